The highest BCUT2D eigenvalue weighted by Crippen LogP contribution is 2.27. The Labute approximate surface area is 162 Å². The minimum atomic E-state index is -0.641. The number of nitrogens with zero attached hydrogens (tertiary/aromatic N) is 1. The molecule has 0 saturated carbocycles. The Kier molecular flexibility index (Phi) is 6.94. The molecule has 0 bridgehead atoms. The van der Waals surface area contributed by atoms with Crippen LogP contribution in [-0.4, -0.2) is 41.7 Å². The third-order valence-corrected chi connectivity index (χ3v) is 4.15. The van der Waals surface area contributed by atoms with Crippen LogP contribution in [0.3, 0.4) is 0 Å². The average Bonchev–Trinajstić information content (AvgIpc) is 2.93. The van der Waals surface area contributed by atoms with Gasteiger partial charge in [-0.05, 0) is 46.9 Å². The highest BCUT2D eigenvalue weighted by atomic mass is 127. The number of aromatic nitrogens is 1. The summed E-state index contributed by atoms with van der Waals surface area (Å²) >= 11 is 1.99. The maximum Gasteiger partial charge on any atom is 0.278 e. The average molecular weight is 476 g/mol. The van der Waals surface area contributed by atoms with E-state index in [0.29, 0.717) is 0 Å². The molecular formula is C16H18FIN4O4. The lowest BCUT2D eigenvalue weighted by atomic mass is 10.2. The zero-order chi connectivity index (χ0) is 19.3. The van der Waals surface area contributed by atoms with Crippen LogP contribution >= 0.6 is 22.6 Å². The molecule has 4 N–H and O–H groups in total. The molecule has 0 atom stereocenters. The van der Waals surface area contributed by atoms with Gasteiger partial charge < -0.3 is 20.3 Å². The maximum atomic E-state index is 14.2. The molecule has 0 radical (unpaired) electrons. The van der Waals surface area contributed by atoms with E-state index in [-0.39, 0.29) is 36.0 Å². The van der Waals surface area contributed by atoms with Gasteiger partial charge >= 0.3 is 0 Å². The van der Waals surface area contributed by atoms with Crippen LogP contribution in [-0.2, 0) is 11.9 Å². The first-order chi connectivity index (χ1) is 12.4. The number of halogens is 2. The molecule has 1 heterocycles. The van der Waals surface area contributed by atoms with Gasteiger partial charge in [0.25, 0.3) is 11.8 Å². The van der Waals surface area contributed by atoms with Crippen LogP contribution in [0.4, 0.5) is 15.9 Å². The van der Waals surface area contributed by atoms with Crippen molar-refractivity contribution in [3.05, 3.63) is 44.9 Å². The Bertz CT molecular complexity index is 825. The Balaban J connectivity index is 2.42. The van der Waals surface area contributed by atoms with Crippen molar-refractivity contribution in [1.82, 2.24) is 15.4 Å². The topological polar surface area (TPSA) is 105 Å². The summed E-state index contributed by atoms with van der Waals surface area (Å²) in [4.78, 5) is 29.2. The van der Waals surface area contributed by atoms with E-state index < -0.39 is 17.6 Å². The Hall–Kier alpha value is -2.18. The zero-order valence-electron chi connectivity index (χ0n) is 14.1. The highest BCUT2D eigenvalue weighted by Gasteiger charge is 2.23. The molecular weight excluding hydrogens is 458 g/mol. The largest absolute Gasteiger partial charge is 0.394 e. The molecule has 0 unspecified atom stereocenters. The predicted molar refractivity (Wildman–Crippen MR) is 102 cm³/mol. The fraction of sp³-hybridized carbons (Fsp3) is 0.250. The number of amides is 2. The number of aliphatic hydroxyl groups is 1. The van der Waals surface area contributed by atoms with Gasteiger partial charge in [0, 0.05) is 17.7 Å². The van der Waals surface area contributed by atoms with Gasteiger partial charge in [0.2, 0.25) is 0 Å². The third-order valence-electron chi connectivity index (χ3n) is 3.48. The summed E-state index contributed by atoms with van der Waals surface area (Å²) in [7, 11) is 3.04. The molecule has 1 aromatic heterocycles. The van der Waals surface area contributed by atoms with Crippen LogP contribution in [0.5, 0.6) is 0 Å². The molecule has 0 spiro atoms. The summed E-state index contributed by atoms with van der Waals surface area (Å²) < 4.78 is 16.3. The van der Waals surface area contributed by atoms with Gasteiger partial charge in [-0.25, -0.2) is 9.87 Å². The van der Waals surface area contributed by atoms with Gasteiger partial charge in [-0.1, -0.05) is 0 Å². The summed E-state index contributed by atoms with van der Waals surface area (Å²) in [6, 6.07) is 5.95. The second-order valence-corrected chi connectivity index (χ2v) is 6.43. The number of anilines is 2. The fourth-order valence-electron chi connectivity index (χ4n) is 2.21. The van der Waals surface area contributed by atoms with Crippen molar-refractivity contribution in [2.24, 2.45) is 7.05 Å². The van der Waals surface area contributed by atoms with Crippen molar-refractivity contribution in [1.29, 1.82) is 0 Å². The van der Waals surface area contributed by atoms with E-state index in [1.807, 2.05) is 22.6 Å². The second kappa shape index (κ2) is 8.96. The van der Waals surface area contributed by atoms with E-state index in [1.165, 1.54) is 29.8 Å². The third kappa shape index (κ3) is 4.51. The molecule has 1 aromatic carbocycles. The second-order valence-electron chi connectivity index (χ2n) is 5.18. The molecule has 2 amide bonds. The molecule has 0 aliphatic rings. The molecule has 140 valence electrons. The molecule has 26 heavy (non-hydrogen) atoms. The van der Waals surface area contributed by atoms with Crippen LogP contribution in [0.15, 0.2) is 24.3 Å². The van der Waals surface area contributed by atoms with Gasteiger partial charge in [-0.3, -0.25) is 14.4 Å². The van der Waals surface area contributed by atoms with Crippen LogP contribution in [0.2, 0.25) is 0 Å². The lowest BCUT2D eigenvalue weighted by molar-refractivity contribution is 0.0169. The molecule has 2 rings (SSSR count). The number of rotatable bonds is 7. The molecule has 8 nitrogen and oxygen atoms in total. The molecule has 0 aliphatic carbocycles. The first-order valence-corrected chi connectivity index (χ1v) is 8.63. The predicted octanol–water partition coefficient (Wildman–Crippen LogP) is 1.53. The number of benzene rings is 1. The molecule has 2 aromatic rings. The number of aliphatic hydroxyl groups excluding tert-OH is 1. The fourth-order valence-corrected chi connectivity index (χ4v) is 2.66. The van der Waals surface area contributed by atoms with E-state index in [2.05, 4.69) is 16.1 Å². The Morgan fingerprint density at radius 1 is 1.31 bits per heavy atom. The minimum Gasteiger partial charge on any atom is -0.394 e. The normalized spacial score (nSPS) is 10.5. The van der Waals surface area contributed by atoms with Gasteiger partial charge in [0.15, 0.2) is 0 Å². The van der Waals surface area contributed by atoms with Crippen LogP contribution in [0, 0.1) is 9.39 Å². The quantitative estimate of drug-likeness (QED) is 0.276. The standard InChI is InChI=1S/C16H18FIN4O4/c1-19-16(25)13-8-10(15(24)21-26-6-5-23)14(22(13)2)20-12-4-3-9(18)7-11(12)17/h3-4,7-8,20,23H,5-6H2,1-2H3,(H,19,25)(H,21,24). The first-order valence-electron chi connectivity index (χ1n) is 7.56. The number of hydroxylamine groups is 1. The van der Waals surface area contributed by atoms with E-state index in [0.717, 1.165) is 3.57 Å². The van der Waals surface area contributed by atoms with E-state index in [4.69, 9.17) is 9.94 Å². The summed E-state index contributed by atoms with van der Waals surface area (Å²) in [6.07, 6.45) is 0. The summed E-state index contributed by atoms with van der Waals surface area (Å²) in [5.74, 6) is -1.33. The molecule has 10 heteroatoms. The minimum absolute atomic E-state index is 0.0852. The van der Waals surface area contributed by atoms with Crippen molar-refractivity contribution >= 4 is 45.9 Å². The summed E-state index contributed by atoms with van der Waals surface area (Å²) in [5, 5.41) is 14.0. The van der Waals surface area contributed by atoms with E-state index in [1.54, 1.807) is 13.1 Å². The van der Waals surface area contributed by atoms with Crippen molar-refractivity contribution in [2.45, 2.75) is 0 Å². The van der Waals surface area contributed by atoms with Gasteiger partial charge in [-0.2, -0.15) is 0 Å². The van der Waals surface area contributed by atoms with Crippen molar-refractivity contribution in [3.63, 3.8) is 0 Å². The zero-order valence-corrected chi connectivity index (χ0v) is 16.3. The lowest BCUT2D eigenvalue weighted by Gasteiger charge is -2.13. The molecule has 0 aliphatic heterocycles. The Morgan fingerprint density at radius 2 is 2.04 bits per heavy atom. The van der Waals surface area contributed by atoms with Crippen molar-refractivity contribution in [3.8, 4) is 0 Å². The number of nitrogens with one attached hydrogen (secondary N) is 3. The highest BCUT2D eigenvalue weighted by molar-refractivity contribution is 14.1. The van der Waals surface area contributed by atoms with Crippen LogP contribution in [0.1, 0.15) is 20.8 Å². The van der Waals surface area contributed by atoms with Crippen LogP contribution < -0.4 is 16.1 Å². The SMILES string of the molecule is CNC(=O)c1cc(C(=O)NOCCO)c(Nc2ccc(I)cc2F)n1C. The molecule has 0 fully saturated rings. The van der Waals surface area contributed by atoms with E-state index >= 15 is 0 Å². The van der Waals surface area contributed by atoms with Gasteiger partial charge in [0.05, 0.1) is 24.5 Å². The van der Waals surface area contributed by atoms with Crippen molar-refractivity contribution < 1.29 is 23.9 Å². The van der Waals surface area contributed by atoms with Crippen LogP contribution in [0.25, 0.3) is 0 Å². The Morgan fingerprint density at radius 3 is 2.65 bits per heavy atom. The van der Waals surface area contributed by atoms with Crippen molar-refractivity contribution in [2.75, 3.05) is 25.6 Å². The van der Waals surface area contributed by atoms with E-state index in [9.17, 15) is 14.0 Å². The number of carbonyl (C=O) groups excluding carboxylic acids is 2. The number of carbonyl (C=O) groups is 2. The van der Waals surface area contributed by atoms with Gasteiger partial charge in [-0.15, -0.1) is 0 Å². The monoisotopic (exact) mass is 476 g/mol. The number of hydrogen-bond acceptors (Lipinski definition) is 5. The number of hydrogen-bond donors (Lipinski definition) is 4. The summed E-state index contributed by atoms with van der Waals surface area (Å²) in [6.45, 7) is -0.354. The first kappa shape index (κ1) is 20.1. The maximum absolute atomic E-state index is 14.2. The molecule has 0 saturated heterocycles. The lowest BCUT2D eigenvalue weighted by Crippen LogP contribution is -2.25. The van der Waals surface area contributed by atoms with Gasteiger partial charge in [0.1, 0.15) is 17.3 Å². The summed E-state index contributed by atoms with van der Waals surface area (Å²) in [5.41, 5.74) is 2.61. The smallest absolute Gasteiger partial charge is 0.278 e.